The van der Waals surface area contributed by atoms with E-state index in [9.17, 15) is 4.79 Å². The predicted molar refractivity (Wildman–Crippen MR) is 148 cm³/mol. The fourth-order valence-electron chi connectivity index (χ4n) is 4.15. The van der Waals surface area contributed by atoms with Gasteiger partial charge in [-0.1, -0.05) is 59.6 Å². The van der Waals surface area contributed by atoms with E-state index in [2.05, 4.69) is 41.5 Å². The van der Waals surface area contributed by atoms with Crippen molar-refractivity contribution in [2.24, 2.45) is 12.0 Å². The lowest BCUT2D eigenvalue weighted by Gasteiger charge is -2.27. The molecule has 2 heterocycles. The molecule has 0 bridgehead atoms. The molecule has 176 valence electrons. The summed E-state index contributed by atoms with van der Waals surface area (Å²) in [6, 6.07) is 25.9. The van der Waals surface area contributed by atoms with Gasteiger partial charge in [0, 0.05) is 24.0 Å². The summed E-state index contributed by atoms with van der Waals surface area (Å²) in [6.45, 7) is 4.00. The highest BCUT2D eigenvalue weighted by Crippen LogP contribution is 2.40. The number of aryl methyl sites for hydroxylation is 1. The number of anilines is 1. The Balaban J connectivity index is 1.52. The molecule has 1 aliphatic heterocycles. The number of halogens is 1. The molecule has 1 aliphatic rings. The lowest BCUT2D eigenvalue weighted by atomic mass is 10.1. The van der Waals surface area contributed by atoms with Crippen LogP contribution >= 0.6 is 23.4 Å². The Labute approximate surface area is 214 Å². The maximum absolute atomic E-state index is 13.3. The maximum atomic E-state index is 13.3. The zero-order chi connectivity index (χ0) is 24.5. The van der Waals surface area contributed by atoms with Gasteiger partial charge in [-0.25, -0.2) is 4.68 Å². The zero-order valence-electron chi connectivity index (χ0n) is 19.7. The van der Waals surface area contributed by atoms with Crippen molar-refractivity contribution in [3.63, 3.8) is 0 Å². The zero-order valence-corrected chi connectivity index (χ0v) is 21.3. The SMILES string of the molecule is Cc1ccc(N2C(c3ccc(Cl)cc3)=CSC2/C=N\c2c(C)n(C)n(-c3ccccc3)c2=O)cc1. The molecule has 0 radical (unpaired) electrons. The van der Waals surface area contributed by atoms with E-state index in [1.807, 2.05) is 79.5 Å². The van der Waals surface area contributed by atoms with Crippen molar-refractivity contribution in [3.05, 3.63) is 116 Å². The van der Waals surface area contributed by atoms with Gasteiger partial charge in [0.2, 0.25) is 0 Å². The Morgan fingerprint density at radius 1 is 0.914 bits per heavy atom. The van der Waals surface area contributed by atoms with Crippen molar-refractivity contribution in [1.82, 2.24) is 9.36 Å². The number of nitrogens with zero attached hydrogens (tertiary/aromatic N) is 4. The molecular formula is C28H25ClN4OS. The largest absolute Gasteiger partial charge is 0.323 e. The standard InChI is InChI=1S/C28H25ClN4OS/c1-19-9-15-23(16-10-19)32-25(21-11-13-22(29)14-12-21)18-35-26(32)17-30-27-20(2)31(3)33(28(27)34)24-7-5-4-6-8-24/h4-18,26H,1-3H3/b30-17-. The first-order chi connectivity index (χ1) is 16.9. The van der Waals surface area contributed by atoms with Crippen molar-refractivity contribution >= 4 is 46.6 Å². The molecule has 35 heavy (non-hydrogen) atoms. The average molecular weight is 501 g/mol. The van der Waals surface area contributed by atoms with Crippen molar-refractivity contribution in [2.75, 3.05) is 4.90 Å². The number of hydrogen-bond donors (Lipinski definition) is 0. The first-order valence-corrected chi connectivity index (χ1v) is 12.6. The van der Waals surface area contributed by atoms with Crippen LogP contribution in [0.4, 0.5) is 11.4 Å². The molecule has 0 saturated heterocycles. The number of hydrogen-bond acceptors (Lipinski definition) is 4. The topological polar surface area (TPSA) is 42.5 Å². The smallest absolute Gasteiger partial charge is 0.297 e. The molecule has 0 N–H and O–H groups in total. The summed E-state index contributed by atoms with van der Waals surface area (Å²) >= 11 is 7.79. The number of para-hydroxylation sites is 1. The van der Waals surface area contributed by atoms with E-state index in [1.165, 1.54) is 5.56 Å². The molecular weight excluding hydrogens is 476 g/mol. The number of benzene rings is 3. The van der Waals surface area contributed by atoms with Crippen LogP contribution in [0.1, 0.15) is 16.8 Å². The summed E-state index contributed by atoms with van der Waals surface area (Å²) in [5.74, 6) is 0. The van der Waals surface area contributed by atoms with E-state index >= 15 is 0 Å². The predicted octanol–water partition coefficient (Wildman–Crippen LogP) is 6.73. The highest BCUT2D eigenvalue weighted by molar-refractivity contribution is 8.04. The number of aliphatic imine (C=N–C) groups is 1. The monoisotopic (exact) mass is 500 g/mol. The van der Waals surface area contributed by atoms with Crippen molar-refractivity contribution in [3.8, 4) is 5.69 Å². The fraction of sp³-hybridized carbons (Fsp3) is 0.143. The lowest BCUT2D eigenvalue weighted by molar-refractivity contribution is 0.630. The summed E-state index contributed by atoms with van der Waals surface area (Å²) in [6.07, 6.45) is 1.86. The van der Waals surface area contributed by atoms with Gasteiger partial charge in [0.15, 0.2) is 5.69 Å². The third-order valence-electron chi connectivity index (χ3n) is 6.14. The van der Waals surface area contributed by atoms with E-state index in [-0.39, 0.29) is 10.9 Å². The van der Waals surface area contributed by atoms with Crippen LogP contribution in [0.15, 0.2) is 94.1 Å². The Hall–Kier alpha value is -3.48. The van der Waals surface area contributed by atoms with E-state index in [0.717, 1.165) is 28.3 Å². The second-order valence-corrected chi connectivity index (χ2v) is 9.86. The van der Waals surface area contributed by atoms with Crippen molar-refractivity contribution in [1.29, 1.82) is 0 Å². The van der Waals surface area contributed by atoms with Crippen LogP contribution in [0.5, 0.6) is 0 Å². The van der Waals surface area contributed by atoms with Crippen LogP contribution in [0, 0.1) is 13.8 Å². The van der Waals surface area contributed by atoms with E-state index in [1.54, 1.807) is 16.4 Å². The van der Waals surface area contributed by atoms with Gasteiger partial charge in [0.1, 0.15) is 5.37 Å². The van der Waals surface area contributed by atoms with Crippen LogP contribution in [-0.4, -0.2) is 21.0 Å². The highest BCUT2D eigenvalue weighted by atomic mass is 35.5. The van der Waals surface area contributed by atoms with Gasteiger partial charge in [-0.2, -0.15) is 0 Å². The number of rotatable bonds is 5. The van der Waals surface area contributed by atoms with Gasteiger partial charge < -0.3 is 4.90 Å². The van der Waals surface area contributed by atoms with E-state index in [0.29, 0.717) is 10.7 Å². The first-order valence-electron chi connectivity index (χ1n) is 11.3. The molecule has 3 aromatic carbocycles. The highest BCUT2D eigenvalue weighted by Gasteiger charge is 2.28. The van der Waals surface area contributed by atoms with Crippen LogP contribution < -0.4 is 10.5 Å². The molecule has 0 amide bonds. The molecule has 7 heteroatoms. The fourth-order valence-corrected chi connectivity index (χ4v) is 5.28. The number of thioether (sulfide) groups is 1. The van der Waals surface area contributed by atoms with Crippen molar-refractivity contribution in [2.45, 2.75) is 19.2 Å². The summed E-state index contributed by atoms with van der Waals surface area (Å²) in [7, 11) is 1.88. The Morgan fingerprint density at radius 3 is 2.29 bits per heavy atom. The van der Waals surface area contributed by atoms with Crippen molar-refractivity contribution < 1.29 is 0 Å². The van der Waals surface area contributed by atoms with Crippen LogP contribution in [0.3, 0.4) is 0 Å². The molecule has 5 nitrogen and oxygen atoms in total. The van der Waals surface area contributed by atoms with E-state index < -0.39 is 0 Å². The molecule has 0 saturated carbocycles. The Bertz CT molecular complexity index is 1470. The van der Waals surface area contributed by atoms with Gasteiger partial charge in [-0.15, -0.1) is 11.8 Å². The Kier molecular flexibility index (Phi) is 6.41. The molecule has 1 aromatic heterocycles. The molecule has 1 unspecified atom stereocenters. The normalized spacial score (nSPS) is 15.7. The maximum Gasteiger partial charge on any atom is 0.297 e. The van der Waals surface area contributed by atoms with Gasteiger partial charge in [-0.3, -0.25) is 14.5 Å². The summed E-state index contributed by atoms with van der Waals surface area (Å²) < 4.78 is 3.50. The molecule has 0 fully saturated rings. The molecule has 0 spiro atoms. The van der Waals surface area contributed by atoms with Crippen LogP contribution in [0.25, 0.3) is 11.4 Å². The van der Waals surface area contributed by atoms with Gasteiger partial charge >= 0.3 is 0 Å². The average Bonchev–Trinajstić information content (AvgIpc) is 3.38. The van der Waals surface area contributed by atoms with Crippen LogP contribution in [0.2, 0.25) is 5.02 Å². The second kappa shape index (κ2) is 9.64. The first kappa shape index (κ1) is 23.3. The minimum atomic E-state index is -0.136. The number of aromatic nitrogens is 2. The molecule has 0 aliphatic carbocycles. The van der Waals surface area contributed by atoms with Gasteiger partial charge in [0.05, 0.1) is 17.1 Å². The third kappa shape index (κ3) is 4.47. The minimum Gasteiger partial charge on any atom is -0.323 e. The second-order valence-electron chi connectivity index (χ2n) is 8.43. The van der Waals surface area contributed by atoms with Gasteiger partial charge in [0.25, 0.3) is 5.56 Å². The Morgan fingerprint density at radius 2 is 1.60 bits per heavy atom. The molecule has 1 atom stereocenters. The molecule has 5 rings (SSSR count). The summed E-state index contributed by atoms with van der Waals surface area (Å²) in [5, 5.41) is 2.74. The van der Waals surface area contributed by atoms with Crippen LogP contribution in [-0.2, 0) is 7.05 Å². The summed E-state index contributed by atoms with van der Waals surface area (Å²) in [4.78, 5) is 20.3. The minimum absolute atomic E-state index is 0.104. The van der Waals surface area contributed by atoms with E-state index in [4.69, 9.17) is 16.6 Å². The lowest BCUT2D eigenvalue weighted by Crippen LogP contribution is -2.28. The third-order valence-corrected chi connectivity index (χ3v) is 7.36. The quantitative estimate of drug-likeness (QED) is 0.285. The van der Waals surface area contributed by atoms with Gasteiger partial charge in [-0.05, 0) is 61.2 Å². The summed E-state index contributed by atoms with van der Waals surface area (Å²) in [5.41, 5.74) is 6.33. The molecule has 4 aromatic rings.